The summed E-state index contributed by atoms with van der Waals surface area (Å²) in [7, 11) is 0. The summed E-state index contributed by atoms with van der Waals surface area (Å²) < 4.78 is 0. The van der Waals surface area contributed by atoms with E-state index in [9.17, 15) is 14.4 Å². The van der Waals surface area contributed by atoms with Crippen molar-refractivity contribution in [3.05, 3.63) is 11.6 Å². The van der Waals surface area contributed by atoms with Gasteiger partial charge in [-0.05, 0) is 25.4 Å². The summed E-state index contributed by atoms with van der Waals surface area (Å²) in [6.07, 6.45) is 3.29. The summed E-state index contributed by atoms with van der Waals surface area (Å²) in [6, 6.07) is -1.05. The molecule has 2 amide bonds. The molecule has 0 bridgehead atoms. The van der Waals surface area contributed by atoms with Crippen LogP contribution in [-0.2, 0) is 14.4 Å². The zero-order chi connectivity index (χ0) is 12.3. The molecule has 0 spiro atoms. The van der Waals surface area contributed by atoms with Crippen LogP contribution in [0.2, 0.25) is 0 Å². The molecule has 0 saturated heterocycles. The van der Waals surface area contributed by atoms with Crippen LogP contribution in [0.25, 0.3) is 0 Å². The second-order valence-electron chi connectivity index (χ2n) is 3.48. The molecule has 0 saturated carbocycles. The molecule has 0 aromatic heterocycles. The topological polar surface area (TPSA) is 74.7 Å². The monoisotopic (exact) mass is 243 g/mol. The standard InChI is InChI=1S/C10H13NO4S/c1-6-5-8(12)11(9(6)13)7(10(14)15)3-4-16-2/h5,7H,3-4H2,1-2H3,(H,14,15). The Morgan fingerprint density at radius 1 is 1.56 bits per heavy atom. The maximum Gasteiger partial charge on any atom is 0.326 e. The summed E-state index contributed by atoms with van der Waals surface area (Å²) in [5.74, 6) is -1.58. The zero-order valence-corrected chi connectivity index (χ0v) is 9.91. The summed E-state index contributed by atoms with van der Waals surface area (Å²) in [6.45, 7) is 1.51. The van der Waals surface area contributed by atoms with E-state index in [1.54, 1.807) is 0 Å². The molecule has 0 aromatic carbocycles. The second kappa shape index (κ2) is 5.16. The molecule has 88 valence electrons. The Morgan fingerprint density at radius 3 is 2.56 bits per heavy atom. The summed E-state index contributed by atoms with van der Waals surface area (Å²) >= 11 is 1.48. The highest BCUT2D eigenvalue weighted by molar-refractivity contribution is 7.98. The molecule has 0 aromatic rings. The normalized spacial score (nSPS) is 17.6. The smallest absolute Gasteiger partial charge is 0.326 e. The summed E-state index contributed by atoms with van der Waals surface area (Å²) in [4.78, 5) is 34.9. The molecule has 1 aliphatic heterocycles. The maximum atomic E-state index is 11.6. The number of amides is 2. The van der Waals surface area contributed by atoms with Crippen LogP contribution in [0.15, 0.2) is 11.6 Å². The predicted molar refractivity (Wildman–Crippen MR) is 60.0 cm³/mol. The van der Waals surface area contributed by atoms with Gasteiger partial charge in [-0.1, -0.05) is 0 Å². The van der Waals surface area contributed by atoms with Crippen LogP contribution in [0.4, 0.5) is 0 Å². The molecule has 5 nitrogen and oxygen atoms in total. The molecule has 1 N–H and O–H groups in total. The molecule has 6 heteroatoms. The summed E-state index contributed by atoms with van der Waals surface area (Å²) in [5.41, 5.74) is 0.292. The van der Waals surface area contributed by atoms with Gasteiger partial charge in [0.05, 0.1) is 0 Å². The SMILES string of the molecule is CSCCC(C(=O)O)N1C(=O)C=C(C)C1=O. The van der Waals surface area contributed by atoms with Crippen LogP contribution in [0, 0.1) is 0 Å². The van der Waals surface area contributed by atoms with E-state index in [-0.39, 0.29) is 6.42 Å². The first-order chi connectivity index (χ1) is 7.49. The number of rotatable bonds is 5. The van der Waals surface area contributed by atoms with Crippen molar-refractivity contribution in [3.63, 3.8) is 0 Å². The lowest BCUT2D eigenvalue weighted by Gasteiger charge is -2.22. The van der Waals surface area contributed by atoms with Gasteiger partial charge in [0.15, 0.2) is 0 Å². The highest BCUT2D eigenvalue weighted by Crippen LogP contribution is 2.18. The third kappa shape index (κ3) is 2.44. The van der Waals surface area contributed by atoms with E-state index in [0.717, 1.165) is 4.90 Å². The molecule has 16 heavy (non-hydrogen) atoms. The summed E-state index contributed by atoms with van der Waals surface area (Å²) in [5, 5.41) is 9.00. The molecular formula is C10H13NO4S. The first-order valence-electron chi connectivity index (χ1n) is 4.76. The third-order valence-corrected chi connectivity index (χ3v) is 2.97. The lowest BCUT2D eigenvalue weighted by Crippen LogP contribution is -2.45. The quantitative estimate of drug-likeness (QED) is 0.712. The first-order valence-corrected chi connectivity index (χ1v) is 6.16. The lowest BCUT2D eigenvalue weighted by atomic mass is 10.2. The van der Waals surface area contributed by atoms with Gasteiger partial charge in [0.1, 0.15) is 6.04 Å². The third-order valence-electron chi connectivity index (χ3n) is 2.33. The number of carbonyl (C=O) groups excluding carboxylic acids is 2. The van der Waals surface area contributed by atoms with Gasteiger partial charge in [0, 0.05) is 11.6 Å². The Morgan fingerprint density at radius 2 is 2.19 bits per heavy atom. The van der Waals surface area contributed by atoms with E-state index < -0.39 is 23.8 Å². The fraction of sp³-hybridized carbons (Fsp3) is 0.500. The second-order valence-corrected chi connectivity index (χ2v) is 4.46. The van der Waals surface area contributed by atoms with Gasteiger partial charge in [-0.25, -0.2) is 4.79 Å². The highest BCUT2D eigenvalue weighted by Gasteiger charge is 2.37. The van der Waals surface area contributed by atoms with Crippen LogP contribution in [0.5, 0.6) is 0 Å². The maximum absolute atomic E-state index is 11.6. The van der Waals surface area contributed by atoms with Crippen LogP contribution in [0.3, 0.4) is 0 Å². The van der Waals surface area contributed by atoms with Gasteiger partial charge < -0.3 is 5.11 Å². The minimum atomic E-state index is -1.14. The van der Waals surface area contributed by atoms with Crippen molar-refractivity contribution in [2.45, 2.75) is 19.4 Å². The number of carboxylic acids is 1. The average molecular weight is 243 g/mol. The van der Waals surface area contributed by atoms with Crippen molar-refractivity contribution < 1.29 is 19.5 Å². The molecule has 1 unspecified atom stereocenters. The molecule has 1 aliphatic rings. The average Bonchev–Trinajstić information content (AvgIpc) is 2.44. The molecular weight excluding hydrogens is 230 g/mol. The zero-order valence-electron chi connectivity index (χ0n) is 9.10. The predicted octanol–water partition coefficient (Wildman–Crippen LogP) is 0.508. The Labute approximate surface area is 97.5 Å². The Balaban J connectivity index is 2.84. The van der Waals surface area contributed by atoms with E-state index in [1.165, 1.54) is 24.8 Å². The lowest BCUT2D eigenvalue weighted by molar-refractivity contribution is -0.153. The van der Waals surface area contributed by atoms with Crippen molar-refractivity contribution in [1.82, 2.24) is 4.90 Å². The van der Waals surface area contributed by atoms with Gasteiger partial charge in [0.25, 0.3) is 11.8 Å². The van der Waals surface area contributed by atoms with Crippen LogP contribution >= 0.6 is 11.8 Å². The van der Waals surface area contributed by atoms with Gasteiger partial charge in [0.2, 0.25) is 0 Å². The Bertz CT molecular complexity index is 364. The van der Waals surface area contributed by atoms with E-state index in [1.807, 2.05) is 6.26 Å². The van der Waals surface area contributed by atoms with Crippen molar-refractivity contribution in [2.24, 2.45) is 0 Å². The van der Waals surface area contributed by atoms with Gasteiger partial charge >= 0.3 is 5.97 Å². The number of hydrogen-bond acceptors (Lipinski definition) is 4. The highest BCUT2D eigenvalue weighted by atomic mass is 32.2. The largest absolute Gasteiger partial charge is 0.480 e. The number of carbonyl (C=O) groups is 3. The van der Waals surface area contributed by atoms with E-state index in [0.29, 0.717) is 11.3 Å². The van der Waals surface area contributed by atoms with E-state index in [2.05, 4.69) is 0 Å². The van der Waals surface area contributed by atoms with Crippen LogP contribution in [0.1, 0.15) is 13.3 Å². The number of carboxylic acid groups (broad SMARTS) is 1. The minimum absolute atomic E-state index is 0.273. The van der Waals surface area contributed by atoms with Crippen molar-refractivity contribution in [2.75, 3.05) is 12.0 Å². The van der Waals surface area contributed by atoms with Crippen molar-refractivity contribution >= 4 is 29.5 Å². The molecule has 1 atom stereocenters. The van der Waals surface area contributed by atoms with Gasteiger partial charge in [-0.15, -0.1) is 0 Å². The number of hydrogen-bond donors (Lipinski definition) is 1. The van der Waals surface area contributed by atoms with Crippen LogP contribution in [-0.4, -0.2) is 45.8 Å². The first kappa shape index (κ1) is 12.8. The molecule has 0 aliphatic carbocycles. The molecule has 0 fully saturated rings. The Kier molecular flexibility index (Phi) is 4.12. The number of aliphatic carboxylic acids is 1. The molecule has 1 heterocycles. The van der Waals surface area contributed by atoms with E-state index in [4.69, 9.17) is 5.11 Å². The fourth-order valence-electron chi connectivity index (χ4n) is 1.49. The number of imide groups is 1. The molecule has 1 rings (SSSR count). The van der Waals surface area contributed by atoms with Gasteiger partial charge in [-0.3, -0.25) is 14.5 Å². The van der Waals surface area contributed by atoms with Crippen molar-refractivity contribution in [3.8, 4) is 0 Å². The molecule has 0 radical (unpaired) electrons. The fourth-order valence-corrected chi connectivity index (χ4v) is 1.95. The number of nitrogens with zero attached hydrogens (tertiary/aromatic N) is 1. The van der Waals surface area contributed by atoms with Gasteiger partial charge in [-0.2, -0.15) is 11.8 Å². The van der Waals surface area contributed by atoms with Crippen molar-refractivity contribution in [1.29, 1.82) is 0 Å². The van der Waals surface area contributed by atoms with Crippen LogP contribution < -0.4 is 0 Å². The number of thioether (sulfide) groups is 1. The minimum Gasteiger partial charge on any atom is -0.480 e. The van der Waals surface area contributed by atoms with E-state index >= 15 is 0 Å². The Hall–Kier alpha value is -1.30.